The van der Waals surface area contributed by atoms with E-state index in [1.54, 1.807) is 19.1 Å². The van der Waals surface area contributed by atoms with Gasteiger partial charge in [0.25, 0.3) is 0 Å². The lowest BCUT2D eigenvalue weighted by Gasteiger charge is -2.23. The van der Waals surface area contributed by atoms with E-state index in [0.29, 0.717) is 4.90 Å². The molecule has 94 valence electrons. The van der Waals surface area contributed by atoms with E-state index in [0.717, 1.165) is 12.6 Å². The number of carbonyl (C=O) groups excluding carboxylic acids is 1. The molecule has 0 aliphatic rings. The summed E-state index contributed by atoms with van der Waals surface area (Å²) in [4.78, 5) is 11.7. The predicted octanol–water partition coefficient (Wildman–Crippen LogP) is 2.86. The van der Waals surface area contributed by atoms with Gasteiger partial charge in [0.1, 0.15) is 0 Å². The highest BCUT2D eigenvalue weighted by atomic mass is 19.3. The van der Waals surface area contributed by atoms with Crippen molar-refractivity contribution in [3.05, 3.63) is 29.8 Å². The van der Waals surface area contributed by atoms with Gasteiger partial charge in [0.05, 0.1) is 0 Å². The molecule has 0 aromatic heterocycles. The highest BCUT2D eigenvalue weighted by molar-refractivity contribution is 5.98. The minimum atomic E-state index is -4.67. The van der Waals surface area contributed by atoms with Gasteiger partial charge in [0, 0.05) is 12.7 Å². The molecule has 0 saturated heterocycles. The van der Waals surface area contributed by atoms with Gasteiger partial charge in [-0.2, -0.15) is 8.78 Å². The molecule has 0 fully saturated rings. The Bertz CT molecular complexity index is 420. The van der Waals surface area contributed by atoms with Crippen LogP contribution in [0.5, 0.6) is 0 Å². The second kappa shape index (κ2) is 4.73. The molecule has 1 amide bonds. The van der Waals surface area contributed by atoms with E-state index in [1.165, 1.54) is 12.1 Å². The van der Waals surface area contributed by atoms with Crippen molar-refractivity contribution in [2.24, 2.45) is 0 Å². The SMILES string of the molecule is Cc1cccc(N(C)C(=O)C(F)(F)C(F)F)c1. The summed E-state index contributed by atoms with van der Waals surface area (Å²) in [5.41, 5.74) is 0.887. The Hall–Kier alpha value is -1.59. The molecule has 17 heavy (non-hydrogen) atoms. The van der Waals surface area contributed by atoms with Crippen molar-refractivity contribution in [3.63, 3.8) is 0 Å². The summed E-state index contributed by atoms with van der Waals surface area (Å²) < 4.78 is 49.7. The summed E-state index contributed by atoms with van der Waals surface area (Å²) in [6.45, 7) is 1.70. The lowest BCUT2D eigenvalue weighted by atomic mass is 10.2. The van der Waals surface area contributed by atoms with E-state index < -0.39 is 18.3 Å². The highest BCUT2D eigenvalue weighted by Crippen LogP contribution is 2.27. The third-order valence-corrected chi connectivity index (χ3v) is 2.25. The lowest BCUT2D eigenvalue weighted by molar-refractivity contribution is -0.166. The largest absolute Gasteiger partial charge is 0.384 e. The number of benzene rings is 1. The van der Waals surface area contributed by atoms with Crippen LogP contribution in [0.3, 0.4) is 0 Å². The molecule has 1 rings (SSSR count). The summed E-state index contributed by atoms with van der Waals surface area (Å²) in [6.07, 6.45) is -4.01. The number of aryl methyl sites for hydroxylation is 1. The fraction of sp³-hybridized carbons (Fsp3) is 0.364. The molecule has 6 heteroatoms. The van der Waals surface area contributed by atoms with E-state index in [2.05, 4.69) is 0 Å². The zero-order valence-corrected chi connectivity index (χ0v) is 9.25. The van der Waals surface area contributed by atoms with Crippen molar-refractivity contribution in [1.82, 2.24) is 0 Å². The van der Waals surface area contributed by atoms with Crippen LogP contribution in [0.15, 0.2) is 24.3 Å². The molecule has 0 radical (unpaired) electrons. The van der Waals surface area contributed by atoms with Crippen LogP contribution in [-0.2, 0) is 4.79 Å². The fourth-order valence-corrected chi connectivity index (χ4v) is 1.27. The molecule has 0 spiro atoms. The standard InChI is InChI=1S/C11H11F4NO/c1-7-4-3-5-8(6-7)16(2)10(17)11(14,15)9(12)13/h3-6,9H,1-2H3. The number of rotatable bonds is 3. The van der Waals surface area contributed by atoms with E-state index in [-0.39, 0.29) is 5.69 Å². The summed E-state index contributed by atoms with van der Waals surface area (Å²) in [5.74, 6) is -6.59. The zero-order chi connectivity index (χ0) is 13.2. The van der Waals surface area contributed by atoms with Crippen LogP contribution in [0.2, 0.25) is 0 Å². The Morgan fingerprint density at radius 1 is 1.35 bits per heavy atom. The van der Waals surface area contributed by atoms with Gasteiger partial charge in [-0.15, -0.1) is 0 Å². The second-order valence-corrected chi connectivity index (χ2v) is 3.63. The molecular weight excluding hydrogens is 238 g/mol. The molecule has 2 nitrogen and oxygen atoms in total. The fourth-order valence-electron chi connectivity index (χ4n) is 1.27. The highest BCUT2D eigenvalue weighted by Gasteiger charge is 2.50. The summed E-state index contributed by atoms with van der Waals surface area (Å²) in [7, 11) is 1.04. The average Bonchev–Trinajstić information content (AvgIpc) is 2.26. The lowest BCUT2D eigenvalue weighted by Crippen LogP contribution is -2.46. The minimum Gasteiger partial charge on any atom is -0.310 e. The van der Waals surface area contributed by atoms with Gasteiger partial charge in [0.2, 0.25) is 0 Å². The number of alkyl halides is 4. The third-order valence-electron chi connectivity index (χ3n) is 2.25. The van der Waals surface area contributed by atoms with Gasteiger partial charge in [-0.25, -0.2) is 8.78 Å². The quantitative estimate of drug-likeness (QED) is 0.754. The Morgan fingerprint density at radius 3 is 2.41 bits per heavy atom. The van der Waals surface area contributed by atoms with Gasteiger partial charge in [-0.1, -0.05) is 12.1 Å². The normalized spacial score (nSPS) is 11.7. The van der Waals surface area contributed by atoms with E-state index in [4.69, 9.17) is 0 Å². The number of anilines is 1. The number of hydrogen-bond acceptors (Lipinski definition) is 1. The second-order valence-electron chi connectivity index (χ2n) is 3.63. The molecule has 0 heterocycles. The van der Waals surface area contributed by atoms with Crippen LogP contribution < -0.4 is 4.90 Å². The van der Waals surface area contributed by atoms with Gasteiger partial charge in [-0.05, 0) is 24.6 Å². The maximum atomic E-state index is 12.8. The molecular formula is C11H11F4NO. The van der Waals surface area contributed by atoms with Crippen molar-refractivity contribution in [1.29, 1.82) is 0 Å². The first kappa shape index (κ1) is 13.5. The van der Waals surface area contributed by atoms with Crippen molar-refractivity contribution in [3.8, 4) is 0 Å². The molecule has 0 saturated carbocycles. The van der Waals surface area contributed by atoms with E-state index in [1.807, 2.05) is 0 Å². The summed E-state index contributed by atoms with van der Waals surface area (Å²) >= 11 is 0. The summed E-state index contributed by atoms with van der Waals surface area (Å²) in [5, 5.41) is 0. The van der Waals surface area contributed by atoms with Crippen molar-refractivity contribution in [2.75, 3.05) is 11.9 Å². The molecule has 0 N–H and O–H groups in total. The molecule has 0 bridgehead atoms. The number of hydrogen-bond donors (Lipinski definition) is 0. The van der Waals surface area contributed by atoms with Crippen LogP contribution in [-0.4, -0.2) is 25.3 Å². The average molecular weight is 249 g/mol. The van der Waals surface area contributed by atoms with Crippen molar-refractivity contribution >= 4 is 11.6 Å². The Balaban J connectivity index is 2.98. The first-order valence-corrected chi connectivity index (χ1v) is 4.77. The van der Waals surface area contributed by atoms with Crippen LogP contribution >= 0.6 is 0 Å². The maximum Gasteiger partial charge on any atom is 0.384 e. The van der Waals surface area contributed by atoms with E-state index >= 15 is 0 Å². The smallest absolute Gasteiger partial charge is 0.310 e. The number of nitrogens with zero attached hydrogens (tertiary/aromatic N) is 1. The molecule has 0 aliphatic heterocycles. The third kappa shape index (κ3) is 2.75. The summed E-state index contributed by atoms with van der Waals surface area (Å²) in [6, 6.07) is 6.11. The molecule has 0 aliphatic carbocycles. The Kier molecular flexibility index (Phi) is 3.75. The van der Waals surface area contributed by atoms with E-state index in [9.17, 15) is 22.4 Å². The first-order chi connectivity index (χ1) is 7.76. The van der Waals surface area contributed by atoms with Crippen LogP contribution in [0.4, 0.5) is 23.2 Å². The van der Waals surface area contributed by atoms with Crippen LogP contribution in [0.25, 0.3) is 0 Å². The first-order valence-electron chi connectivity index (χ1n) is 4.77. The van der Waals surface area contributed by atoms with Gasteiger partial charge in [-0.3, -0.25) is 4.79 Å². The minimum absolute atomic E-state index is 0.148. The molecule has 0 unspecified atom stereocenters. The molecule has 1 aromatic rings. The van der Waals surface area contributed by atoms with Gasteiger partial charge in [0.15, 0.2) is 0 Å². The predicted molar refractivity (Wildman–Crippen MR) is 55.5 cm³/mol. The number of amides is 1. The maximum absolute atomic E-state index is 12.8. The van der Waals surface area contributed by atoms with Gasteiger partial charge < -0.3 is 4.90 Å². The van der Waals surface area contributed by atoms with Gasteiger partial charge >= 0.3 is 18.3 Å². The Morgan fingerprint density at radius 2 is 1.94 bits per heavy atom. The Labute approximate surface area is 95.8 Å². The number of halogens is 4. The van der Waals surface area contributed by atoms with Crippen LogP contribution in [0, 0.1) is 6.92 Å². The van der Waals surface area contributed by atoms with Crippen molar-refractivity contribution in [2.45, 2.75) is 19.3 Å². The van der Waals surface area contributed by atoms with Crippen molar-refractivity contribution < 1.29 is 22.4 Å². The molecule has 1 aromatic carbocycles. The zero-order valence-electron chi connectivity index (χ0n) is 9.25. The number of carbonyl (C=O) groups is 1. The topological polar surface area (TPSA) is 20.3 Å². The molecule has 0 atom stereocenters. The monoisotopic (exact) mass is 249 g/mol. The van der Waals surface area contributed by atoms with Crippen LogP contribution in [0.1, 0.15) is 5.56 Å².